The molecule has 11 heteroatoms. The van der Waals surface area contributed by atoms with E-state index >= 15 is 0 Å². The van der Waals surface area contributed by atoms with Crippen molar-refractivity contribution >= 4 is 39.3 Å². The fourth-order valence-electron chi connectivity index (χ4n) is 5.47. The van der Waals surface area contributed by atoms with E-state index in [1.807, 2.05) is 36.2 Å². The number of fused-ring (bicyclic) bond motifs is 1. The lowest BCUT2D eigenvalue weighted by molar-refractivity contribution is -0.437. The van der Waals surface area contributed by atoms with Gasteiger partial charge in [0.25, 0.3) is 10.1 Å². The smallest absolute Gasteiger partial charge is 0.264 e. The Labute approximate surface area is 242 Å². The third-order valence-corrected chi connectivity index (χ3v) is 9.01. The van der Waals surface area contributed by atoms with Crippen molar-refractivity contribution in [2.45, 2.75) is 77.5 Å². The summed E-state index contributed by atoms with van der Waals surface area (Å²) in [6.45, 7) is 14.4. The zero-order chi connectivity index (χ0) is 29.6. The fourth-order valence-corrected chi connectivity index (χ4v) is 6.38. The van der Waals surface area contributed by atoms with Gasteiger partial charge in [-0.3, -0.25) is 9.56 Å². The molecule has 0 radical (unpaired) electrons. The summed E-state index contributed by atoms with van der Waals surface area (Å²) in [5.41, 5.74) is 4.83. The molecule has 2 heterocycles. The van der Waals surface area contributed by atoms with Gasteiger partial charge in [-0.05, 0) is 65.2 Å². The molecule has 220 valence electrons. The van der Waals surface area contributed by atoms with Crippen molar-refractivity contribution in [3.8, 4) is 0 Å². The van der Waals surface area contributed by atoms with Crippen molar-refractivity contribution in [1.82, 2.24) is 5.01 Å². The van der Waals surface area contributed by atoms with Gasteiger partial charge < -0.3 is 0 Å². The molecule has 40 heavy (non-hydrogen) atoms. The summed E-state index contributed by atoms with van der Waals surface area (Å²) >= 11 is 0.958. The first-order chi connectivity index (χ1) is 18.9. The van der Waals surface area contributed by atoms with Crippen molar-refractivity contribution in [1.29, 1.82) is 0 Å². The van der Waals surface area contributed by atoms with Crippen molar-refractivity contribution in [3.63, 3.8) is 0 Å². The lowest BCUT2D eigenvalue weighted by Crippen LogP contribution is -2.28. The monoisotopic (exact) mass is 592 g/mol. The lowest BCUT2D eigenvalue weighted by Gasteiger charge is -2.29. The van der Waals surface area contributed by atoms with Gasteiger partial charge >= 0.3 is 0 Å². The third kappa shape index (κ3) is 7.32. The predicted octanol–water partition coefficient (Wildman–Crippen LogP) is 6.67. The topological polar surface area (TPSA) is 112 Å². The Morgan fingerprint density at radius 3 is 2.55 bits per heavy atom. The highest BCUT2D eigenvalue weighted by molar-refractivity contribution is 7.94. The quantitative estimate of drug-likeness (QED) is 0.0615. The molecule has 1 unspecified atom stereocenters. The number of nitrogens with zero attached hydrogens (tertiary/aromatic N) is 3. The normalized spacial score (nSPS) is 21.9. The van der Waals surface area contributed by atoms with E-state index in [2.05, 4.69) is 72.9 Å². The van der Waals surface area contributed by atoms with Crippen molar-refractivity contribution in [3.05, 3.63) is 59.8 Å². The molecule has 0 saturated heterocycles. The largest absolute Gasteiger partial charge is 0.286 e. The fraction of sp³-hybridized carbons (Fsp3) is 0.517. The minimum absolute atomic E-state index is 0.246. The first-order valence-electron chi connectivity index (χ1n) is 13.7. The Bertz CT molecular complexity index is 1330. The van der Waals surface area contributed by atoms with Crippen LogP contribution in [0.3, 0.4) is 0 Å². The highest BCUT2D eigenvalue weighted by atomic mass is 32.2. The average molecular weight is 593 g/mol. The molecule has 0 bridgehead atoms. The number of hydrogen-bond acceptors (Lipinski definition) is 8. The minimum Gasteiger partial charge on any atom is -0.286 e. The second-order valence-corrected chi connectivity index (χ2v) is 13.2. The Morgan fingerprint density at radius 2 is 1.90 bits per heavy atom. The summed E-state index contributed by atoms with van der Waals surface area (Å²) < 4.78 is 38.8. The standard InChI is InChI=1S/C29H41N3O6S2/c1-7-18-31-25-16-15-23(39-38-37-33)21-24(25)28(4,5)26(31)13-10-9-11-14-27-29(6,17-12-20-40(34,35)36)22(3)30-32(27)19-8-2/h9-11,13-16,21H,7-8,12,17-20H2,1-6H3,(H-,33,34,35,36)/p+1. The van der Waals surface area contributed by atoms with Crippen LogP contribution in [0.15, 0.2) is 64.3 Å². The van der Waals surface area contributed by atoms with Gasteiger partial charge in [-0.25, -0.2) is 5.26 Å². The van der Waals surface area contributed by atoms with Crippen LogP contribution in [0, 0.1) is 5.41 Å². The van der Waals surface area contributed by atoms with E-state index in [4.69, 9.17) is 10.4 Å². The number of allylic oxidation sites excluding steroid dienone is 6. The number of hydrogen-bond donors (Lipinski definition) is 2. The van der Waals surface area contributed by atoms with Crippen molar-refractivity contribution < 1.29 is 32.2 Å². The molecule has 3 rings (SSSR count). The van der Waals surface area contributed by atoms with Crippen LogP contribution in [0.1, 0.15) is 72.8 Å². The van der Waals surface area contributed by atoms with Gasteiger partial charge in [-0.15, -0.1) is 4.33 Å². The summed E-state index contributed by atoms with van der Waals surface area (Å²) in [6.07, 6.45) is 13.1. The summed E-state index contributed by atoms with van der Waals surface area (Å²) in [7, 11) is -4.00. The molecule has 1 aromatic carbocycles. The van der Waals surface area contributed by atoms with Crippen molar-refractivity contribution in [2.24, 2.45) is 10.5 Å². The lowest BCUT2D eigenvalue weighted by atomic mass is 9.78. The van der Waals surface area contributed by atoms with E-state index in [1.54, 1.807) is 0 Å². The molecule has 1 aromatic rings. The Hall–Kier alpha value is -2.28. The van der Waals surface area contributed by atoms with Crippen LogP contribution in [0.5, 0.6) is 0 Å². The second-order valence-electron chi connectivity index (χ2n) is 10.9. The molecule has 2 N–H and O–H groups in total. The molecule has 0 fully saturated rings. The summed E-state index contributed by atoms with van der Waals surface area (Å²) in [5.74, 6) is -0.261. The number of hydrazone groups is 1. The molecule has 0 saturated carbocycles. The Balaban J connectivity index is 1.86. The van der Waals surface area contributed by atoms with E-state index in [1.165, 1.54) is 11.3 Å². The summed E-state index contributed by atoms with van der Waals surface area (Å²) in [5, 5.41) is 19.1. The zero-order valence-electron chi connectivity index (χ0n) is 24.3. The first kappa shape index (κ1) is 32.2. The zero-order valence-corrected chi connectivity index (χ0v) is 25.9. The maximum Gasteiger partial charge on any atom is 0.264 e. The van der Waals surface area contributed by atoms with Gasteiger partial charge in [0, 0.05) is 52.4 Å². The number of rotatable bonds is 14. The highest BCUT2D eigenvalue weighted by Gasteiger charge is 2.44. The third-order valence-electron chi connectivity index (χ3n) is 7.63. The maximum atomic E-state index is 11.3. The molecule has 1 atom stereocenters. The SMILES string of the molecule is CCCN1N=C(C)C(C)(CCCS(=O)(=O)O)/C1=C/C=C/C=C/C1=[N+](CCC)c2ccc(SOOO)cc2C1(C)C. The van der Waals surface area contributed by atoms with Gasteiger partial charge in [0.1, 0.15) is 6.54 Å². The van der Waals surface area contributed by atoms with E-state index in [0.29, 0.717) is 12.8 Å². The number of benzene rings is 1. The van der Waals surface area contributed by atoms with Crippen LogP contribution in [0.2, 0.25) is 0 Å². The molecule has 0 amide bonds. The van der Waals surface area contributed by atoms with Gasteiger partial charge in [0.05, 0.1) is 23.2 Å². The minimum atomic E-state index is -4.00. The van der Waals surface area contributed by atoms with Crippen LogP contribution < -0.4 is 0 Å². The van der Waals surface area contributed by atoms with E-state index in [-0.39, 0.29) is 11.2 Å². The van der Waals surface area contributed by atoms with Gasteiger partial charge in [0.15, 0.2) is 5.71 Å². The highest BCUT2D eigenvalue weighted by Crippen LogP contribution is 2.43. The van der Waals surface area contributed by atoms with Crippen molar-refractivity contribution in [2.75, 3.05) is 18.8 Å². The van der Waals surface area contributed by atoms with Crippen LogP contribution in [0.4, 0.5) is 5.69 Å². The molecular weight excluding hydrogens is 550 g/mol. The van der Waals surface area contributed by atoms with Gasteiger partial charge in [-0.2, -0.15) is 18.1 Å². The van der Waals surface area contributed by atoms with Crippen LogP contribution in [-0.4, -0.2) is 58.1 Å². The summed E-state index contributed by atoms with van der Waals surface area (Å²) in [4.78, 5) is 0.833. The molecule has 0 spiro atoms. The van der Waals surface area contributed by atoms with E-state index < -0.39 is 15.5 Å². The molecule has 2 aliphatic rings. The van der Waals surface area contributed by atoms with Crippen LogP contribution in [0.25, 0.3) is 0 Å². The van der Waals surface area contributed by atoms with Gasteiger partial charge in [-0.1, -0.05) is 37.1 Å². The molecule has 9 nitrogen and oxygen atoms in total. The van der Waals surface area contributed by atoms with Crippen LogP contribution in [-0.2, 0) is 24.9 Å². The maximum absolute atomic E-state index is 11.3. The molecule has 2 aliphatic heterocycles. The average Bonchev–Trinajstić information content (AvgIpc) is 3.23. The molecule has 0 aromatic heterocycles. The van der Waals surface area contributed by atoms with Crippen LogP contribution >= 0.6 is 12.0 Å². The second kappa shape index (κ2) is 13.6. The summed E-state index contributed by atoms with van der Waals surface area (Å²) in [6, 6.07) is 6.08. The first-order valence-corrected chi connectivity index (χ1v) is 16.0. The van der Waals surface area contributed by atoms with Gasteiger partial charge in [0.2, 0.25) is 5.69 Å². The molecule has 0 aliphatic carbocycles. The molecular formula is C29H42N3O6S2+. The van der Waals surface area contributed by atoms with E-state index in [9.17, 15) is 13.0 Å². The van der Waals surface area contributed by atoms with E-state index in [0.717, 1.165) is 60.0 Å². The Kier molecular flexibility index (Phi) is 11.0. The Morgan fingerprint density at radius 1 is 1.15 bits per heavy atom. The predicted molar refractivity (Wildman–Crippen MR) is 160 cm³/mol.